The van der Waals surface area contributed by atoms with Gasteiger partial charge < -0.3 is 16.4 Å². The predicted octanol–water partition coefficient (Wildman–Crippen LogP) is 4.67. The van der Waals surface area contributed by atoms with Gasteiger partial charge in [0, 0.05) is 18.7 Å². The molecule has 1 atom stereocenters. The van der Waals surface area contributed by atoms with Gasteiger partial charge >= 0.3 is 0 Å². The van der Waals surface area contributed by atoms with Crippen LogP contribution in [0.5, 0.6) is 0 Å². The second-order valence-corrected chi connectivity index (χ2v) is 8.17. The molecule has 0 saturated carbocycles. The summed E-state index contributed by atoms with van der Waals surface area (Å²) in [5.74, 6) is -0.407. The summed E-state index contributed by atoms with van der Waals surface area (Å²) in [5, 5.41) is 9.19. The number of carbonyl (C=O) groups is 2. The highest BCUT2D eigenvalue weighted by atomic mass is 16.2. The lowest BCUT2D eigenvalue weighted by molar-refractivity contribution is -0.123. The highest BCUT2D eigenvalue weighted by Crippen LogP contribution is 2.20. The molecule has 0 fully saturated rings. The van der Waals surface area contributed by atoms with E-state index in [-0.39, 0.29) is 11.8 Å². The largest absolute Gasteiger partial charge is 0.397 e. The van der Waals surface area contributed by atoms with E-state index in [9.17, 15) is 9.59 Å². The van der Waals surface area contributed by atoms with Gasteiger partial charge in [0.2, 0.25) is 5.91 Å². The first-order valence-electron chi connectivity index (χ1n) is 11.4. The Labute approximate surface area is 205 Å². The number of anilines is 2. The van der Waals surface area contributed by atoms with Crippen molar-refractivity contribution < 1.29 is 9.59 Å². The van der Waals surface area contributed by atoms with Crippen molar-refractivity contribution in [3.8, 4) is 0 Å². The molecule has 4 aromatic rings. The summed E-state index contributed by atoms with van der Waals surface area (Å²) in [6.07, 6.45) is 0. The number of hydrogen-bond donors (Lipinski definition) is 4. The average Bonchev–Trinajstić information content (AvgIpc) is 2.90. The smallest absolute Gasteiger partial charge is 0.255 e. The van der Waals surface area contributed by atoms with Crippen LogP contribution in [0.1, 0.15) is 33.1 Å². The molecule has 0 saturated heterocycles. The maximum atomic E-state index is 13.2. The zero-order valence-corrected chi connectivity index (χ0v) is 19.3. The standard InChI is InChI=1S/C29H28N4O2/c30-25-13-7-8-14-26(25)33-28(34)24-17-15-23(16-18-24)27(31-19-21-9-3-1-4-10-21)29(35)32-20-22-11-5-2-6-12-22/h1-18,27,31H,19-20,30H2,(H,32,35)(H,33,34). The highest BCUT2D eigenvalue weighted by Gasteiger charge is 2.20. The van der Waals surface area contributed by atoms with Gasteiger partial charge in [0.05, 0.1) is 11.4 Å². The number of amides is 2. The summed E-state index contributed by atoms with van der Waals surface area (Å²) in [6, 6.07) is 33.2. The fourth-order valence-electron chi connectivity index (χ4n) is 3.70. The van der Waals surface area contributed by atoms with E-state index in [1.165, 1.54) is 0 Å². The Balaban J connectivity index is 1.48. The molecule has 5 N–H and O–H groups in total. The van der Waals surface area contributed by atoms with Crippen LogP contribution in [0.25, 0.3) is 0 Å². The Morgan fingerprint density at radius 3 is 1.89 bits per heavy atom. The molecule has 0 aliphatic carbocycles. The van der Waals surface area contributed by atoms with Crippen LogP contribution in [0.3, 0.4) is 0 Å². The molecule has 4 rings (SSSR count). The highest BCUT2D eigenvalue weighted by molar-refractivity contribution is 6.05. The minimum atomic E-state index is -0.583. The van der Waals surface area contributed by atoms with Crippen LogP contribution in [0.15, 0.2) is 109 Å². The van der Waals surface area contributed by atoms with E-state index in [0.29, 0.717) is 30.0 Å². The van der Waals surface area contributed by atoms with Crippen molar-refractivity contribution in [1.29, 1.82) is 0 Å². The maximum Gasteiger partial charge on any atom is 0.255 e. The third kappa shape index (κ3) is 6.56. The van der Waals surface area contributed by atoms with Crippen molar-refractivity contribution in [3.05, 3.63) is 131 Å². The van der Waals surface area contributed by atoms with Crippen molar-refractivity contribution in [2.24, 2.45) is 0 Å². The molecule has 0 heterocycles. The Hall–Kier alpha value is -4.42. The fourth-order valence-corrected chi connectivity index (χ4v) is 3.70. The monoisotopic (exact) mass is 464 g/mol. The number of carbonyl (C=O) groups excluding carboxylic acids is 2. The molecular formula is C29H28N4O2. The van der Waals surface area contributed by atoms with E-state index in [4.69, 9.17) is 5.73 Å². The molecule has 0 bridgehead atoms. The Morgan fingerprint density at radius 1 is 0.686 bits per heavy atom. The van der Waals surface area contributed by atoms with Crippen molar-refractivity contribution in [3.63, 3.8) is 0 Å². The van der Waals surface area contributed by atoms with Gasteiger partial charge in [-0.1, -0.05) is 84.9 Å². The molecule has 0 spiro atoms. The zero-order chi connectivity index (χ0) is 24.5. The molecule has 0 aromatic heterocycles. The van der Waals surface area contributed by atoms with Gasteiger partial charge in [0.25, 0.3) is 5.91 Å². The summed E-state index contributed by atoms with van der Waals surface area (Å²) in [7, 11) is 0. The number of hydrogen-bond acceptors (Lipinski definition) is 4. The molecule has 4 aromatic carbocycles. The molecule has 0 aliphatic heterocycles. The minimum absolute atomic E-state index is 0.140. The molecule has 176 valence electrons. The molecule has 0 radical (unpaired) electrons. The van der Waals surface area contributed by atoms with E-state index >= 15 is 0 Å². The molecule has 6 nitrogen and oxygen atoms in total. The number of nitrogen functional groups attached to an aromatic ring is 1. The van der Waals surface area contributed by atoms with E-state index in [1.807, 2.05) is 72.8 Å². The summed E-state index contributed by atoms with van der Waals surface area (Å²) < 4.78 is 0. The number of benzene rings is 4. The van der Waals surface area contributed by atoms with Gasteiger partial charge in [0.1, 0.15) is 6.04 Å². The van der Waals surface area contributed by atoms with Crippen LogP contribution in [-0.4, -0.2) is 11.8 Å². The first-order valence-corrected chi connectivity index (χ1v) is 11.4. The van der Waals surface area contributed by atoms with Crippen molar-refractivity contribution >= 4 is 23.2 Å². The third-order valence-corrected chi connectivity index (χ3v) is 5.64. The molecule has 6 heteroatoms. The molecule has 0 aliphatic rings. The van der Waals surface area contributed by atoms with Gasteiger partial charge in [0.15, 0.2) is 0 Å². The molecule has 1 unspecified atom stereocenters. The molecule has 35 heavy (non-hydrogen) atoms. The number of para-hydroxylation sites is 2. The normalized spacial score (nSPS) is 11.4. The lowest BCUT2D eigenvalue weighted by Gasteiger charge is -2.19. The Kier molecular flexibility index (Phi) is 7.88. The van der Waals surface area contributed by atoms with E-state index in [2.05, 4.69) is 16.0 Å². The second-order valence-electron chi connectivity index (χ2n) is 8.17. The van der Waals surface area contributed by atoms with Crippen LogP contribution in [0.2, 0.25) is 0 Å². The van der Waals surface area contributed by atoms with E-state index in [1.54, 1.807) is 36.4 Å². The lowest BCUT2D eigenvalue weighted by Crippen LogP contribution is -2.37. The summed E-state index contributed by atoms with van der Waals surface area (Å²) >= 11 is 0. The van der Waals surface area contributed by atoms with Crippen LogP contribution in [0.4, 0.5) is 11.4 Å². The van der Waals surface area contributed by atoms with E-state index < -0.39 is 6.04 Å². The number of rotatable bonds is 9. The summed E-state index contributed by atoms with van der Waals surface area (Å²) in [6.45, 7) is 0.960. The second kappa shape index (κ2) is 11.6. The molecular weight excluding hydrogens is 436 g/mol. The fraction of sp³-hybridized carbons (Fsp3) is 0.103. The quantitative estimate of drug-likeness (QED) is 0.271. The van der Waals surface area contributed by atoms with Gasteiger partial charge in [-0.2, -0.15) is 0 Å². The third-order valence-electron chi connectivity index (χ3n) is 5.64. The zero-order valence-electron chi connectivity index (χ0n) is 19.3. The van der Waals surface area contributed by atoms with Crippen LogP contribution < -0.4 is 21.7 Å². The Bertz CT molecular complexity index is 1260. The van der Waals surface area contributed by atoms with Gasteiger partial charge in [-0.15, -0.1) is 0 Å². The number of nitrogens with two attached hydrogens (primary N) is 1. The predicted molar refractivity (Wildman–Crippen MR) is 140 cm³/mol. The SMILES string of the molecule is Nc1ccccc1NC(=O)c1ccc(C(NCc2ccccc2)C(=O)NCc2ccccc2)cc1. The van der Waals surface area contributed by atoms with Crippen molar-refractivity contribution in [2.75, 3.05) is 11.1 Å². The van der Waals surface area contributed by atoms with Crippen molar-refractivity contribution in [2.45, 2.75) is 19.1 Å². The van der Waals surface area contributed by atoms with Crippen molar-refractivity contribution in [1.82, 2.24) is 10.6 Å². The summed E-state index contributed by atoms with van der Waals surface area (Å²) in [4.78, 5) is 25.9. The summed E-state index contributed by atoms with van der Waals surface area (Å²) in [5.41, 5.74) is 10.3. The molecule has 2 amide bonds. The maximum absolute atomic E-state index is 13.2. The minimum Gasteiger partial charge on any atom is -0.397 e. The number of nitrogens with one attached hydrogen (secondary N) is 3. The average molecular weight is 465 g/mol. The first-order chi connectivity index (χ1) is 17.1. The van der Waals surface area contributed by atoms with Gasteiger partial charge in [-0.05, 0) is 41.0 Å². The first kappa shape index (κ1) is 23.7. The van der Waals surface area contributed by atoms with E-state index in [0.717, 1.165) is 16.7 Å². The van der Waals surface area contributed by atoms with Gasteiger partial charge in [-0.25, -0.2) is 0 Å². The van der Waals surface area contributed by atoms with Crippen LogP contribution in [0, 0.1) is 0 Å². The lowest BCUT2D eigenvalue weighted by atomic mass is 10.0. The topological polar surface area (TPSA) is 96.2 Å². The van der Waals surface area contributed by atoms with Gasteiger partial charge in [-0.3, -0.25) is 14.9 Å². The Morgan fingerprint density at radius 2 is 1.26 bits per heavy atom. The van der Waals surface area contributed by atoms with Crippen LogP contribution in [-0.2, 0) is 17.9 Å². The van der Waals surface area contributed by atoms with Crippen LogP contribution >= 0.6 is 0 Å².